The number of carbonyl (C=O) groups excluding carboxylic acids is 1. The van der Waals surface area contributed by atoms with Crippen molar-refractivity contribution in [2.24, 2.45) is 0 Å². The van der Waals surface area contributed by atoms with Gasteiger partial charge >= 0.3 is 0 Å². The van der Waals surface area contributed by atoms with Gasteiger partial charge in [0.25, 0.3) is 5.91 Å². The molecule has 0 unspecified atom stereocenters. The molecule has 2 N–H and O–H groups in total. The minimum atomic E-state index is -0.142. The number of hydrogen-bond acceptors (Lipinski definition) is 6. The summed E-state index contributed by atoms with van der Waals surface area (Å²) in [6.45, 7) is 4.74. The largest absolute Gasteiger partial charge is 0.348 e. The minimum Gasteiger partial charge on any atom is -0.348 e. The fourth-order valence-electron chi connectivity index (χ4n) is 4.00. The van der Waals surface area contributed by atoms with Crippen molar-refractivity contribution in [1.82, 2.24) is 24.7 Å². The Morgan fingerprint density at radius 2 is 2.00 bits per heavy atom. The van der Waals surface area contributed by atoms with Gasteiger partial charge < -0.3 is 14.8 Å². The molecule has 1 amide bonds. The molecular weight excluding hydrogens is 422 g/mol. The average molecular weight is 448 g/mol. The summed E-state index contributed by atoms with van der Waals surface area (Å²) in [6, 6.07) is 9.44. The van der Waals surface area contributed by atoms with Crippen LogP contribution in [0.4, 0.5) is 10.8 Å². The predicted octanol–water partition coefficient (Wildman–Crippen LogP) is 4.33. The van der Waals surface area contributed by atoms with Gasteiger partial charge in [0.15, 0.2) is 11.0 Å². The molecule has 9 heteroatoms. The standard InChI is InChI=1S/C23H25N7OS/c1-16-11-20(22(31)26-18-7-5-17(6-8-18)21-24-15-25-28-21)30(12-16)13-19-14-32-23(27-19)29-9-3-2-4-10-29/h5-8,11-12,14-15H,2-4,9-10,13H2,1H3,(H,26,31)(H,24,25,28). The van der Waals surface area contributed by atoms with E-state index in [1.54, 1.807) is 11.3 Å². The van der Waals surface area contributed by atoms with E-state index in [0.29, 0.717) is 18.1 Å². The maximum atomic E-state index is 13.0. The minimum absolute atomic E-state index is 0.142. The summed E-state index contributed by atoms with van der Waals surface area (Å²) in [7, 11) is 0. The molecule has 0 saturated carbocycles. The van der Waals surface area contributed by atoms with Gasteiger partial charge in [-0.1, -0.05) is 0 Å². The van der Waals surface area contributed by atoms with Crippen molar-refractivity contribution in [2.75, 3.05) is 23.3 Å². The maximum Gasteiger partial charge on any atom is 0.272 e. The molecule has 164 valence electrons. The molecule has 1 fully saturated rings. The molecule has 1 aromatic carbocycles. The van der Waals surface area contributed by atoms with Gasteiger partial charge in [0.2, 0.25) is 0 Å². The number of nitrogens with zero attached hydrogens (tertiary/aromatic N) is 5. The third-order valence-electron chi connectivity index (χ3n) is 5.60. The van der Waals surface area contributed by atoms with Crippen LogP contribution in [0.25, 0.3) is 11.4 Å². The van der Waals surface area contributed by atoms with Crippen LogP contribution in [0.2, 0.25) is 0 Å². The van der Waals surface area contributed by atoms with Crippen molar-refractivity contribution in [1.29, 1.82) is 0 Å². The zero-order valence-corrected chi connectivity index (χ0v) is 18.7. The zero-order chi connectivity index (χ0) is 21.9. The summed E-state index contributed by atoms with van der Waals surface area (Å²) < 4.78 is 1.97. The number of benzene rings is 1. The number of amides is 1. The summed E-state index contributed by atoms with van der Waals surface area (Å²) in [5, 5.41) is 12.9. The Morgan fingerprint density at radius 1 is 1.19 bits per heavy atom. The van der Waals surface area contributed by atoms with Crippen LogP contribution >= 0.6 is 11.3 Å². The molecule has 0 spiro atoms. The first-order chi connectivity index (χ1) is 15.7. The first kappa shape index (κ1) is 20.4. The molecular formula is C23H25N7OS. The Bertz CT molecular complexity index is 1190. The summed E-state index contributed by atoms with van der Waals surface area (Å²) in [6.07, 6.45) is 7.24. The molecule has 32 heavy (non-hydrogen) atoms. The van der Waals surface area contributed by atoms with Gasteiger partial charge in [0, 0.05) is 35.9 Å². The lowest BCUT2D eigenvalue weighted by Gasteiger charge is -2.25. The smallest absolute Gasteiger partial charge is 0.272 e. The molecule has 3 aromatic heterocycles. The first-order valence-corrected chi connectivity index (χ1v) is 11.7. The number of aryl methyl sites for hydroxylation is 1. The van der Waals surface area contributed by atoms with Crippen molar-refractivity contribution in [3.05, 3.63) is 65.2 Å². The topological polar surface area (TPSA) is 91.7 Å². The molecule has 0 aliphatic carbocycles. The van der Waals surface area contributed by atoms with Crippen LogP contribution < -0.4 is 10.2 Å². The van der Waals surface area contributed by atoms with Gasteiger partial charge in [-0.3, -0.25) is 9.89 Å². The van der Waals surface area contributed by atoms with E-state index >= 15 is 0 Å². The molecule has 5 rings (SSSR count). The highest BCUT2D eigenvalue weighted by molar-refractivity contribution is 7.13. The Morgan fingerprint density at radius 3 is 2.75 bits per heavy atom. The molecule has 0 bridgehead atoms. The lowest BCUT2D eigenvalue weighted by atomic mass is 10.1. The number of H-pyrrole nitrogens is 1. The second-order valence-corrected chi connectivity index (χ2v) is 8.90. The monoisotopic (exact) mass is 447 g/mol. The number of anilines is 2. The van der Waals surface area contributed by atoms with E-state index in [4.69, 9.17) is 4.98 Å². The summed E-state index contributed by atoms with van der Waals surface area (Å²) >= 11 is 1.69. The van der Waals surface area contributed by atoms with Gasteiger partial charge in [-0.15, -0.1) is 11.3 Å². The molecule has 0 radical (unpaired) electrons. The van der Waals surface area contributed by atoms with E-state index in [-0.39, 0.29) is 5.91 Å². The molecule has 4 heterocycles. The normalized spacial score (nSPS) is 14.0. The van der Waals surface area contributed by atoms with Crippen molar-refractivity contribution >= 4 is 28.1 Å². The highest BCUT2D eigenvalue weighted by Crippen LogP contribution is 2.25. The fourth-order valence-corrected chi connectivity index (χ4v) is 4.87. The molecule has 1 saturated heterocycles. The molecule has 8 nitrogen and oxygen atoms in total. The van der Waals surface area contributed by atoms with Crippen LogP contribution in [0.5, 0.6) is 0 Å². The molecule has 1 aliphatic rings. The van der Waals surface area contributed by atoms with Crippen LogP contribution in [-0.2, 0) is 6.54 Å². The van der Waals surface area contributed by atoms with Gasteiger partial charge in [-0.2, -0.15) is 5.10 Å². The molecule has 4 aromatic rings. The summed E-state index contributed by atoms with van der Waals surface area (Å²) in [5.41, 5.74) is 4.28. The molecule has 1 aliphatic heterocycles. The van der Waals surface area contributed by atoms with Gasteiger partial charge in [0.1, 0.15) is 12.0 Å². The van der Waals surface area contributed by atoms with E-state index in [1.807, 2.05) is 48.0 Å². The predicted molar refractivity (Wildman–Crippen MR) is 126 cm³/mol. The lowest BCUT2D eigenvalue weighted by molar-refractivity contribution is 0.101. The number of rotatable bonds is 6. The second-order valence-electron chi connectivity index (χ2n) is 8.07. The maximum absolute atomic E-state index is 13.0. The number of carbonyl (C=O) groups is 1. The zero-order valence-electron chi connectivity index (χ0n) is 17.9. The van der Waals surface area contributed by atoms with Gasteiger partial charge in [0.05, 0.1) is 12.2 Å². The number of piperidine rings is 1. The number of aromatic amines is 1. The third kappa shape index (κ3) is 4.43. The Hall–Kier alpha value is -3.46. The first-order valence-electron chi connectivity index (χ1n) is 10.8. The number of aromatic nitrogens is 5. The molecule has 0 atom stereocenters. The van der Waals surface area contributed by atoms with Crippen LogP contribution in [-0.4, -0.2) is 43.7 Å². The van der Waals surface area contributed by atoms with E-state index in [2.05, 4.69) is 30.8 Å². The Labute approximate surface area is 190 Å². The number of thiazole rings is 1. The lowest BCUT2D eigenvalue weighted by Crippen LogP contribution is -2.29. The Kier molecular flexibility index (Phi) is 5.72. The summed E-state index contributed by atoms with van der Waals surface area (Å²) in [4.78, 5) is 24.4. The third-order valence-corrected chi connectivity index (χ3v) is 6.55. The number of hydrogen-bond donors (Lipinski definition) is 2. The van der Waals surface area contributed by atoms with E-state index in [1.165, 1.54) is 25.6 Å². The van der Waals surface area contributed by atoms with Gasteiger partial charge in [-0.25, -0.2) is 9.97 Å². The van der Waals surface area contributed by atoms with Crippen LogP contribution in [0.15, 0.2) is 48.2 Å². The van der Waals surface area contributed by atoms with Crippen molar-refractivity contribution < 1.29 is 4.79 Å². The SMILES string of the molecule is Cc1cc(C(=O)Nc2ccc(-c3ncn[nH]3)cc2)n(Cc2csc(N3CCCCC3)n2)c1. The highest BCUT2D eigenvalue weighted by Gasteiger charge is 2.17. The van der Waals surface area contributed by atoms with Crippen LogP contribution in [0, 0.1) is 6.92 Å². The quantitative estimate of drug-likeness (QED) is 0.459. The van der Waals surface area contributed by atoms with Crippen molar-refractivity contribution in [3.8, 4) is 11.4 Å². The van der Waals surface area contributed by atoms with Crippen LogP contribution in [0.1, 0.15) is 41.0 Å². The average Bonchev–Trinajstić information content (AvgIpc) is 3.57. The number of nitrogens with one attached hydrogen (secondary N) is 2. The van der Waals surface area contributed by atoms with E-state index in [9.17, 15) is 4.79 Å². The highest BCUT2D eigenvalue weighted by atomic mass is 32.1. The van der Waals surface area contributed by atoms with Crippen molar-refractivity contribution in [2.45, 2.75) is 32.7 Å². The van der Waals surface area contributed by atoms with Crippen molar-refractivity contribution in [3.63, 3.8) is 0 Å². The van der Waals surface area contributed by atoms with Crippen LogP contribution in [0.3, 0.4) is 0 Å². The van der Waals surface area contributed by atoms with E-state index in [0.717, 1.165) is 40.7 Å². The van der Waals surface area contributed by atoms with Gasteiger partial charge in [-0.05, 0) is 62.1 Å². The second kappa shape index (κ2) is 8.96. The fraction of sp³-hybridized carbons (Fsp3) is 0.304. The summed E-state index contributed by atoms with van der Waals surface area (Å²) in [5.74, 6) is 0.552. The van der Waals surface area contributed by atoms with E-state index < -0.39 is 0 Å². The Balaban J connectivity index is 1.29.